The van der Waals surface area contributed by atoms with Gasteiger partial charge in [-0.2, -0.15) is 8.78 Å². The standard InChI is InChI=1S/C18H21F2N3O2S/c19-17(20)25-14-4-1-12(2-5-14)3-6-16(24)23-18-22-11-15(26-18)13-7-9-21-10-8-13/h1-2,4-5,11,13,17,21H,3,6-10H2,(H,22,23,24). The molecule has 1 amide bonds. The van der Waals surface area contributed by atoms with Gasteiger partial charge in [-0.25, -0.2) is 4.98 Å². The summed E-state index contributed by atoms with van der Waals surface area (Å²) in [6, 6.07) is 6.32. The first-order valence-electron chi connectivity index (χ1n) is 8.60. The first kappa shape index (κ1) is 18.7. The van der Waals surface area contributed by atoms with Crippen molar-refractivity contribution in [3.05, 3.63) is 40.9 Å². The second-order valence-corrected chi connectivity index (χ2v) is 7.22. The minimum absolute atomic E-state index is 0.107. The Kier molecular flexibility index (Phi) is 6.51. The summed E-state index contributed by atoms with van der Waals surface area (Å²) in [5.41, 5.74) is 0.885. The molecule has 0 unspecified atom stereocenters. The summed E-state index contributed by atoms with van der Waals surface area (Å²) in [5, 5.41) is 6.80. The number of benzene rings is 1. The number of halogens is 2. The second kappa shape index (κ2) is 9.05. The van der Waals surface area contributed by atoms with E-state index in [2.05, 4.69) is 20.4 Å². The van der Waals surface area contributed by atoms with Crippen LogP contribution >= 0.6 is 11.3 Å². The molecule has 5 nitrogen and oxygen atoms in total. The zero-order chi connectivity index (χ0) is 18.4. The van der Waals surface area contributed by atoms with Gasteiger partial charge in [0.15, 0.2) is 5.13 Å². The van der Waals surface area contributed by atoms with E-state index >= 15 is 0 Å². The molecule has 1 aromatic carbocycles. The number of ether oxygens (including phenoxy) is 1. The number of aryl methyl sites for hydroxylation is 1. The number of aromatic nitrogens is 1. The highest BCUT2D eigenvalue weighted by atomic mass is 32.1. The van der Waals surface area contributed by atoms with Crippen LogP contribution in [-0.2, 0) is 11.2 Å². The molecule has 1 aliphatic rings. The lowest BCUT2D eigenvalue weighted by Crippen LogP contribution is -2.26. The maximum Gasteiger partial charge on any atom is 0.387 e. The quantitative estimate of drug-likeness (QED) is 0.766. The maximum atomic E-state index is 12.1. The number of nitrogens with zero attached hydrogens (tertiary/aromatic N) is 1. The first-order valence-corrected chi connectivity index (χ1v) is 9.42. The van der Waals surface area contributed by atoms with Gasteiger partial charge in [0.1, 0.15) is 5.75 Å². The van der Waals surface area contributed by atoms with E-state index in [-0.39, 0.29) is 11.7 Å². The van der Waals surface area contributed by atoms with Crippen molar-refractivity contribution in [2.45, 2.75) is 38.2 Å². The molecule has 1 fully saturated rings. The fraction of sp³-hybridized carbons (Fsp3) is 0.444. The van der Waals surface area contributed by atoms with Gasteiger partial charge >= 0.3 is 6.61 Å². The molecule has 1 aromatic heterocycles. The van der Waals surface area contributed by atoms with Crippen molar-refractivity contribution in [3.63, 3.8) is 0 Å². The Balaban J connectivity index is 1.46. The summed E-state index contributed by atoms with van der Waals surface area (Å²) < 4.78 is 28.5. The molecule has 140 valence electrons. The van der Waals surface area contributed by atoms with Crippen LogP contribution in [0.2, 0.25) is 0 Å². The van der Waals surface area contributed by atoms with Gasteiger partial charge in [-0.05, 0) is 56.0 Å². The Morgan fingerprint density at radius 3 is 2.73 bits per heavy atom. The zero-order valence-corrected chi connectivity index (χ0v) is 15.0. The topological polar surface area (TPSA) is 63.2 Å². The minimum Gasteiger partial charge on any atom is -0.435 e. The minimum atomic E-state index is -2.83. The number of thiazole rings is 1. The van der Waals surface area contributed by atoms with Crippen LogP contribution in [0.25, 0.3) is 0 Å². The summed E-state index contributed by atoms with van der Waals surface area (Å²) in [6.45, 7) is -0.795. The highest BCUT2D eigenvalue weighted by Crippen LogP contribution is 2.31. The van der Waals surface area contributed by atoms with Gasteiger partial charge in [0.2, 0.25) is 5.91 Å². The van der Waals surface area contributed by atoms with Gasteiger partial charge < -0.3 is 15.4 Å². The number of anilines is 1. The number of hydrogen-bond donors (Lipinski definition) is 2. The highest BCUT2D eigenvalue weighted by molar-refractivity contribution is 7.15. The molecule has 0 atom stereocenters. The van der Waals surface area contributed by atoms with Crippen LogP contribution < -0.4 is 15.4 Å². The van der Waals surface area contributed by atoms with Crippen LogP contribution in [0, 0.1) is 0 Å². The van der Waals surface area contributed by atoms with Gasteiger partial charge in [-0.3, -0.25) is 4.79 Å². The number of rotatable bonds is 7. The molecule has 0 aliphatic carbocycles. The van der Waals surface area contributed by atoms with E-state index in [4.69, 9.17) is 0 Å². The van der Waals surface area contributed by atoms with Crippen molar-refractivity contribution in [2.75, 3.05) is 18.4 Å². The molecule has 3 rings (SSSR count). The number of piperidine rings is 1. The number of hydrogen-bond acceptors (Lipinski definition) is 5. The number of amides is 1. The fourth-order valence-electron chi connectivity index (χ4n) is 2.92. The van der Waals surface area contributed by atoms with Crippen molar-refractivity contribution in [1.82, 2.24) is 10.3 Å². The molecule has 26 heavy (non-hydrogen) atoms. The molecule has 8 heteroatoms. The lowest BCUT2D eigenvalue weighted by molar-refractivity contribution is -0.116. The van der Waals surface area contributed by atoms with Crippen molar-refractivity contribution in [2.24, 2.45) is 0 Å². The van der Waals surface area contributed by atoms with E-state index in [1.54, 1.807) is 12.1 Å². The molecular weight excluding hydrogens is 360 g/mol. The number of carbonyl (C=O) groups is 1. The highest BCUT2D eigenvalue weighted by Gasteiger charge is 2.18. The van der Waals surface area contributed by atoms with E-state index in [1.165, 1.54) is 28.3 Å². The molecule has 2 heterocycles. The third-order valence-corrected chi connectivity index (χ3v) is 5.38. The van der Waals surface area contributed by atoms with Crippen molar-refractivity contribution in [3.8, 4) is 5.75 Å². The largest absolute Gasteiger partial charge is 0.435 e. The van der Waals surface area contributed by atoms with Gasteiger partial charge in [0.05, 0.1) is 0 Å². The van der Waals surface area contributed by atoms with Crippen LogP contribution in [0.3, 0.4) is 0 Å². The summed E-state index contributed by atoms with van der Waals surface area (Å²) >= 11 is 1.54. The van der Waals surface area contributed by atoms with Gasteiger partial charge in [0.25, 0.3) is 0 Å². The van der Waals surface area contributed by atoms with Crippen LogP contribution in [0.1, 0.15) is 35.6 Å². The molecule has 0 radical (unpaired) electrons. The Morgan fingerprint density at radius 2 is 2.04 bits per heavy atom. The van der Waals surface area contributed by atoms with Crippen molar-refractivity contribution in [1.29, 1.82) is 0 Å². The summed E-state index contributed by atoms with van der Waals surface area (Å²) in [4.78, 5) is 17.6. The fourth-order valence-corrected chi connectivity index (χ4v) is 3.92. The van der Waals surface area contributed by atoms with E-state index in [9.17, 15) is 13.6 Å². The third-order valence-electron chi connectivity index (χ3n) is 4.30. The lowest BCUT2D eigenvalue weighted by atomic mass is 9.97. The van der Waals surface area contributed by atoms with Crippen LogP contribution in [0.5, 0.6) is 5.75 Å². The van der Waals surface area contributed by atoms with Crippen molar-refractivity contribution < 1.29 is 18.3 Å². The van der Waals surface area contributed by atoms with Crippen LogP contribution in [-0.4, -0.2) is 30.6 Å². The monoisotopic (exact) mass is 381 g/mol. The average Bonchev–Trinajstić information content (AvgIpc) is 3.10. The van der Waals surface area contributed by atoms with E-state index in [0.717, 1.165) is 31.5 Å². The van der Waals surface area contributed by atoms with Gasteiger partial charge in [-0.15, -0.1) is 11.3 Å². The normalized spacial score (nSPS) is 15.2. The Morgan fingerprint density at radius 1 is 1.31 bits per heavy atom. The Bertz CT molecular complexity index is 715. The molecular formula is C18H21F2N3O2S. The molecule has 2 N–H and O–H groups in total. The van der Waals surface area contributed by atoms with Crippen LogP contribution in [0.15, 0.2) is 30.5 Å². The second-order valence-electron chi connectivity index (χ2n) is 6.16. The molecule has 1 saturated heterocycles. The average molecular weight is 381 g/mol. The predicted molar refractivity (Wildman–Crippen MR) is 97.0 cm³/mol. The van der Waals surface area contributed by atoms with Gasteiger partial charge in [0, 0.05) is 17.5 Å². The number of carbonyl (C=O) groups excluding carboxylic acids is 1. The maximum absolute atomic E-state index is 12.1. The molecule has 0 bridgehead atoms. The summed E-state index contributed by atoms with van der Waals surface area (Å²) in [5.74, 6) is 0.527. The molecule has 0 spiro atoms. The first-order chi connectivity index (χ1) is 12.6. The molecule has 2 aromatic rings. The zero-order valence-electron chi connectivity index (χ0n) is 14.2. The molecule has 0 saturated carbocycles. The smallest absolute Gasteiger partial charge is 0.387 e. The van der Waals surface area contributed by atoms with E-state index < -0.39 is 6.61 Å². The Labute approximate surface area is 154 Å². The lowest BCUT2D eigenvalue weighted by Gasteiger charge is -2.20. The number of alkyl halides is 2. The SMILES string of the molecule is O=C(CCc1ccc(OC(F)F)cc1)Nc1ncc(C2CCNCC2)s1. The van der Waals surface area contributed by atoms with E-state index in [0.29, 0.717) is 23.9 Å². The van der Waals surface area contributed by atoms with Crippen LogP contribution in [0.4, 0.5) is 13.9 Å². The summed E-state index contributed by atoms with van der Waals surface area (Å²) in [7, 11) is 0. The summed E-state index contributed by atoms with van der Waals surface area (Å²) in [6.07, 6.45) is 4.88. The predicted octanol–water partition coefficient (Wildman–Crippen LogP) is 3.78. The van der Waals surface area contributed by atoms with Crippen molar-refractivity contribution >= 4 is 22.4 Å². The molecule has 1 aliphatic heterocycles. The third kappa shape index (κ3) is 5.47. The number of nitrogens with one attached hydrogen (secondary N) is 2. The van der Waals surface area contributed by atoms with Gasteiger partial charge in [-0.1, -0.05) is 12.1 Å². The Hall–Kier alpha value is -2.06. The van der Waals surface area contributed by atoms with E-state index in [1.807, 2.05) is 6.20 Å².